The number of methoxy groups -OCH3 is 1. The summed E-state index contributed by atoms with van der Waals surface area (Å²) in [5.41, 5.74) is 4.34. The zero-order valence-electron chi connectivity index (χ0n) is 18.2. The van der Waals surface area contributed by atoms with E-state index in [1.165, 1.54) is 11.1 Å². The lowest BCUT2D eigenvalue weighted by atomic mass is 10.0. The van der Waals surface area contributed by atoms with Gasteiger partial charge in [0.1, 0.15) is 24.1 Å². The van der Waals surface area contributed by atoms with Crippen molar-refractivity contribution in [2.24, 2.45) is 5.10 Å². The summed E-state index contributed by atoms with van der Waals surface area (Å²) in [7, 11) is 3.68. The number of hydrazone groups is 1. The second-order valence-electron chi connectivity index (χ2n) is 7.99. The van der Waals surface area contributed by atoms with E-state index in [1.54, 1.807) is 18.4 Å². The van der Waals surface area contributed by atoms with Gasteiger partial charge in [0.15, 0.2) is 6.54 Å². The third kappa shape index (κ3) is 4.70. The van der Waals surface area contributed by atoms with Gasteiger partial charge in [0.25, 0.3) is 5.91 Å². The van der Waals surface area contributed by atoms with Crippen LogP contribution in [0.2, 0.25) is 0 Å². The number of furan rings is 1. The Bertz CT molecular complexity index is 1060. The van der Waals surface area contributed by atoms with Gasteiger partial charge in [-0.2, -0.15) is 5.10 Å². The summed E-state index contributed by atoms with van der Waals surface area (Å²) in [6.45, 7) is 3.24. The van der Waals surface area contributed by atoms with Gasteiger partial charge in [0.2, 0.25) is 0 Å². The number of carbonyl (C=O) groups is 1. The Morgan fingerprint density at radius 3 is 2.61 bits per heavy atom. The van der Waals surface area contributed by atoms with Crippen molar-refractivity contribution in [3.05, 3.63) is 89.4 Å². The fourth-order valence-corrected chi connectivity index (χ4v) is 3.94. The van der Waals surface area contributed by atoms with E-state index in [1.807, 2.05) is 55.6 Å². The minimum absolute atomic E-state index is 0.0176. The van der Waals surface area contributed by atoms with Crippen molar-refractivity contribution in [2.45, 2.75) is 25.9 Å². The maximum atomic E-state index is 13.3. The summed E-state index contributed by atoms with van der Waals surface area (Å²) in [6, 6.07) is 19.6. The van der Waals surface area contributed by atoms with Gasteiger partial charge in [-0.05, 0) is 54.4 Å². The summed E-state index contributed by atoms with van der Waals surface area (Å²) in [4.78, 5) is 14.4. The van der Waals surface area contributed by atoms with Crippen LogP contribution < -0.4 is 9.64 Å². The molecule has 1 amide bonds. The van der Waals surface area contributed by atoms with Gasteiger partial charge in [0.05, 0.1) is 26.1 Å². The summed E-state index contributed by atoms with van der Waals surface area (Å²) in [6.07, 6.45) is 2.25. The van der Waals surface area contributed by atoms with Gasteiger partial charge in [0, 0.05) is 12.0 Å². The van der Waals surface area contributed by atoms with E-state index in [2.05, 4.69) is 19.1 Å². The van der Waals surface area contributed by atoms with Crippen molar-refractivity contribution in [3.8, 4) is 5.75 Å². The first-order valence-corrected chi connectivity index (χ1v) is 10.5. The van der Waals surface area contributed by atoms with Crippen molar-refractivity contribution >= 4 is 11.6 Å². The Morgan fingerprint density at radius 1 is 1.16 bits per heavy atom. The second kappa shape index (κ2) is 9.18. The first-order valence-electron chi connectivity index (χ1n) is 10.5. The smallest absolute Gasteiger partial charge is 0.298 e. The highest BCUT2D eigenvalue weighted by molar-refractivity contribution is 6.03. The first kappa shape index (κ1) is 20.9. The molecule has 6 heteroatoms. The highest BCUT2D eigenvalue weighted by atomic mass is 16.5. The molecule has 0 aliphatic carbocycles. The number of aryl methyl sites for hydroxylation is 1. The van der Waals surface area contributed by atoms with Gasteiger partial charge in [-0.25, -0.2) is 5.01 Å². The lowest BCUT2D eigenvalue weighted by molar-refractivity contribution is -0.885. The number of nitrogens with one attached hydrogen (secondary N) is 1. The highest BCUT2D eigenvalue weighted by Crippen LogP contribution is 2.33. The Labute approximate surface area is 182 Å². The molecular formula is C25H28N3O3+. The van der Waals surface area contributed by atoms with Crippen LogP contribution in [-0.2, 0) is 11.3 Å². The van der Waals surface area contributed by atoms with Crippen molar-refractivity contribution < 1.29 is 18.8 Å². The molecule has 3 aromatic rings. The van der Waals surface area contributed by atoms with Gasteiger partial charge in [-0.15, -0.1) is 0 Å². The van der Waals surface area contributed by atoms with E-state index in [4.69, 9.17) is 14.3 Å². The molecule has 1 N–H and O–H groups in total. The molecule has 4 rings (SSSR count). The van der Waals surface area contributed by atoms with Gasteiger partial charge >= 0.3 is 0 Å². The zero-order valence-corrected chi connectivity index (χ0v) is 18.2. The summed E-state index contributed by atoms with van der Waals surface area (Å²) >= 11 is 0. The fourth-order valence-electron chi connectivity index (χ4n) is 3.94. The molecule has 0 fully saturated rings. The fraction of sp³-hybridized carbons (Fsp3) is 0.280. The lowest BCUT2D eigenvalue weighted by Crippen LogP contribution is -3.08. The monoisotopic (exact) mass is 418 g/mol. The highest BCUT2D eigenvalue weighted by Gasteiger charge is 2.36. The molecule has 1 aromatic heterocycles. The Balaban J connectivity index is 1.52. The van der Waals surface area contributed by atoms with E-state index >= 15 is 0 Å². The lowest BCUT2D eigenvalue weighted by Gasteiger charge is -2.22. The third-order valence-corrected chi connectivity index (χ3v) is 5.67. The van der Waals surface area contributed by atoms with Crippen LogP contribution in [0.5, 0.6) is 5.75 Å². The van der Waals surface area contributed by atoms with Crippen molar-refractivity contribution in [1.29, 1.82) is 0 Å². The number of rotatable bonds is 7. The summed E-state index contributed by atoms with van der Waals surface area (Å²) in [5.74, 6) is 1.52. The molecule has 0 saturated heterocycles. The van der Waals surface area contributed by atoms with Crippen molar-refractivity contribution in [1.82, 2.24) is 5.01 Å². The number of quaternary nitrogens is 1. The number of nitrogens with zero attached hydrogens (tertiary/aromatic N) is 2. The number of likely N-dealkylation sites (N-methyl/N-ethyl adjacent to an activating group) is 1. The second-order valence-corrected chi connectivity index (χ2v) is 7.99. The van der Waals surface area contributed by atoms with Crippen molar-refractivity contribution in [3.63, 3.8) is 0 Å². The Hall–Kier alpha value is -3.38. The van der Waals surface area contributed by atoms with Crippen LogP contribution in [0.4, 0.5) is 0 Å². The SMILES string of the molecule is COc1ccc(C2=NN(C(=O)C[NH+](C)Cc3ccccc3C)[C@@H](c3ccco3)C2)cc1. The number of hydrogen-bond donors (Lipinski definition) is 1. The Kier molecular flexibility index (Phi) is 6.18. The predicted octanol–water partition coefficient (Wildman–Crippen LogP) is 2.99. The van der Waals surface area contributed by atoms with E-state index in [9.17, 15) is 4.79 Å². The van der Waals surface area contributed by atoms with Crippen LogP contribution >= 0.6 is 0 Å². The molecule has 2 atom stereocenters. The molecular weight excluding hydrogens is 390 g/mol. The van der Waals surface area contributed by atoms with Crippen LogP contribution in [-0.4, -0.2) is 37.3 Å². The number of hydrogen-bond acceptors (Lipinski definition) is 4. The molecule has 1 aliphatic heterocycles. The molecule has 0 bridgehead atoms. The van der Waals surface area contributed by atoms with E-state index in [0.717, 1.165) is 34.2 Å². The van der Waals surface area contributed by atoms with E-state index in [-0.39, 0.29) is 11.9 Å². The standard InChI is InChI=1S/C25H27N3O3/c1-18-7-4-5-8-20(18)16-27(2)17-25(29)28-23(24-9-6-14-31-24)15-22(26-28)19-10-12-21(30-3)13-11-19/h4-14,23H,15-17H2,1-3H3/p+1/t23-/m1/s1. The topological polar surface area (TPSA) is 59.5 Å². The number of benzene rings is 2. The van der Waals surface area contributed by atoms with Gasteiger partial charge in [-0.1, -0.05) is 24.3 Å². The normalized spacial score (nSPS) is 16.8. The molecule has 2 aromatic carbocycles. The molecule has 0 spiro atoms. The average molecular weight is 419 g/mol. The minimum Gasteiger partial charge on any atom is -0.497 e. The predicted molar refractivity (Wildman–Crippen MR) is 119 cm³/mol. The van der Waals surface area contributed by atoms with Crippen LogP contribution in [0.15, 0.2) is 76.4 Å². The molecule has 6 nitrogen and oxygen atoms in total. The van der Waals surface area contributed by atoms with Crippen LogP contribution in [0.25, 0.3) is 0 Å². The maximum absolute atomic E-state index is 13.3. The first-order chi connectivity index (χ1) is 15.0. The molecule has 1 aliphatic rings. The molecule has 160 valence electrons. The van der Waals surface area contributed by atoms with Gasteiger partial charge < -0.3 is 14.1 Å². The van der Waals surface area contributed by atoms with Crippen LogP contribution in [0.1, 0.15) is 34.9 Å². The van der Waals surface area contributed by atoms with Crippen LogP contribution in [0.3, 0.4) is 0 Å². The van der Waals surface area contributed by atoms with Crippen LogP contribution in [0, 0.1) is 6.92 Å². The largest absolute Gasteiger partial charge is 0.497 e. The Morgan fingerprint density at radius 2 is 1.94 bits per heavy atom. The molecule has 0 saturated carbocycles. The van der Waals surface area contributed by atoms with Gasteiger partial charge in [-0.3, -0.25) is 4.79 Å². The molecule has 31 heavy (non-hydrogen) atoms. The minimum atomic E-state index is -0.231. The number of ether oxygens (including phenoxy) is 1. The van der Waals surface area contributed by atoms with E-state index < -0.39 is 0 Å². The zero-order chi connectivity index (χ0) is 21.8. The summed E-state index contributed by atoms with van der Waals surface area (Å²) < 4.78 is 10.9. The third-order valence-electron chi connectivity index (χ3n) is 5.67. The maximum Gasteiger partial charge on any atom is 0.298 e. The summed E-state index contributed by atoms with van der Waals surface area (Å²) in [5, 5.41) is 6.31. The molecule has 1 unspecified atom stereocenters. The van der Waals surface area contributed by atoms with Crippen molar-refractivity contribution in [2.75, 3.05) is 20.7 Å². The molecule has 2 heterocycles. The quantitative estimate of drug-likeness (QED) is 0.642. The average Bonchev–Trinajstić information content (AvgIpc) is 3.45. The number of amides is 1. The molecule has 0 radical (unpaired) electrons. The number of carbonyl (C=O) groups excluding carboxylic acids is 1. The van der Waals surface area contributed by atoms with E-state index in [0.29, 0.717) is 13.0 Å².